The minimum Gasteiger partial charge on any atom is -0.472 e. The Labute approximate surface area is 154 Å². The summed E-state index contributed by atoms with van der Waals surface area (Å²) >= 11 is 1.25. The molecule has 0 fully saturated rings. The fourth-order valence-electron chi connectivity index (χ4n) is 2.48. The Hall–Kier alpha value is -2.61. The van der Waals surface area contributed by atoms with Crippen LogP contribution in [-0.4, -0.2) is 26.4 Å². The van der Waals surface area contributed by atoms with Crippen LogP contribution in [0, 0.1) is 5.82 Å². The number of amides is 1. The van der Waals surface area contributed by atoms with Crippen LogP contribution >= 0.6 is 11.8 Å². The molecule has 6 nitrogen and oxygen atoms in total. The molecular weight excluding hydrogens is 355 g/mol. The third-order valence-corrected chi connectivity index (χ3v) is 4.83. The van der Waals surface area contributed by atoms with E-state index in [0.717, 1.165) is 17.5 Å². The molecule has 1 N–H and O–H groups in total. The topological polar surface area (TPSA) is 73.0 Å². The highest BCUT2D eigenvalue weighted by atomic mass is 32.2. The molecule has 2 heterocycles. The first-order valence-corrected chi connectivity index (χ1v) is 9.27. The van der Waals surface area contributed by atoms with Crippen LogP contribution < -0.4 is 5.32 Å². The SMILES string of the molecule is CCc1ccc(NC(=O)CSc2nnc(-c3ccoc3)n2CC)c(F)c1. The van der Waals surface area contributed by atoms with Crippen molar-refractivity contribution in [2.24, 2.45) is 0 Å². The minimum atomic E-state index is -0.429. The molecule has 0 bridgehead atoms. The lowest BCUT2D eigenvalue weighted by Gasteiger charge is -2.08. The van der Waals surface area contributed by atoms with E-state index in [9.17, 15) is 9.18 Å². The van der Waals surface area contributed by atoms with Gasteiger partial charge < -0.3 is 14.3 Å². The number of furan rings is 1. The molecule has 0 spiro atoms. The van der Waals surface area contributed by atoms with E-state index >= 15 is 0 Å². The fraction of sp³-hybridized carbons (Fsp3) is 0.278. The second kappa shape index (κ2) is 8.18. The molecule has 1 amide bonds. The van der Waals surface area contributed by atoms with Crippen molar-refractivity contribution in [2.75, 3.05) is 11.1 Å². The molecule has 3 aromatic rings. The van der Waals surface area contributed by atoms with Crippen LogP contribution in [-0.2, 0) is 17.8 Å². The first-order chi connectivity index (χ1) is 12.6. The summed E-state index contributed by atoms with van der Waals surface area (Å²) < 4.78 is 21.0. The lowest BCUT2D eigenvalue weighted by molar-refractivity contribution is -0.113. The van der Waals surface area contributed by atoms with Gasteiger partial charge in [-0.25, -0.2) is 4.39 Å². The van der Waals surface area contributed by atoms with E-state index in [1.165, 1.54) is 17.8 Å². The van der Waals surface area contributed by atoms with Gasteiger partial charge in [-0.3, -0.25) is 4.79 Å². The van der Waals surface area contributed by atoms with Gasteiger partial charge in [0.2, 0.25) is 5.91 Å². The van der Waals surface area contributed by atoms with Crippen molar-refractivity contribution in [3.8, 4) is 11.4 Å². The van der Waals surface area contributed by atoms with E-state index in [2.05, 4.69) is 15.5 Å². The van der Waals surface area contributed by atoms with Crippen molar-refractivity contribution in [2.45, 2.75) is 32.0 Å². The number of rotatable bonds is 7. The number of carbonyl (C=O) groups is 1. The second-order valence-electron chi connectivity index (χ2n) is 5.57. The first-order valence-electron chi connectivity index (χ1n) is 8.29. The zero-order valence-corrected chi connectivity index (χ0v) is 15.3. The van der Waals surface area contributed by atoms with E-state index in [1.807, 2.05) is 18.4 Å². The fourth-order valence-corrected chi connectivity index (χ4v) is 3.28. The predicted octanol–water partition coefficient (Wildman–Crippen LogP) is 3.99. The summed E-state index contributed by atoms with van der Waals surface area (Å²) in [5, 5.41) is 11.5. The summed E-state index contributed by atoms with van der Waals surface area (Å²) in [6.45, 7) is 4.58. The van der Waals surface area contributed by atoms with E-state index < -0.39 is 5.82 Å². The maximum absolute atomic E-state index is 14.0. The van der Waals surface area contributed by atoms with Crippen LogP contribution in [0.2, 0.25) is 0 Å². The maximum Gasteiger partial charge on any atom is 0.234 e. The average molecular weight is 374 g/mol. The molecule has 0 atom stereocenters. The van der Waals surface area contributed by atoms with Crippen LogP contribution in [0.3, 0.4) is 0 Å². The molecule has 2 aromatic heterocycles. The highest BCUT2D eigenvalue weighted by Gasteiger charge is 2.16. The van der Waals surface area contributed by atoms with Crippen molar-refractivity contribution >= 4 is 23.4 Å². The standard InChI is InChI=1S/C18H19FN4O2S/c1-3-12-5-6-15(14(19)9-12)20-16(24)11-26-18-22-21-17(23(18)4-2)13-7-8-25-10-13/h5-10H,3-4,11H2,1-2H3,(H,20,24). The largest absolute Gasteiger partial charge is 0.472 e. The molecule has 8 heteroatoms. The number of nitrogens with zero attached hydrogens (tertiary/aromatic N) is 3. The van der Waals surface area contributed by atoms with Crippen molar-refractivity contribution in [3.05, 3.63) is 48.2 Å². The number of hydrogen-bond acceptors (Lipinski definition) is 5. The molecule has 0 aliphatic heterocycles. The number of hydrogen-bond donors (Lipinski definition) is 1. The van der Waals surface area contributed by atoms with E-state index in [-0.39, 0.29) is 17.3 Å². The third-order valence-electron chi connectivity index (χ3n) is 3.86. The lowest BCUT2D eigenvalue weighted by atomic mass is 10.1. The Morgan fingerprint density at radius 2 is 2.15 bits per heavy atom. The van der Waals surface area contributed by atoms with Gasteiger partial charge in [0, 0.05) is 6.54 Å². The Balaban J connectivity index is 1.65. The van der Waals surface area contributed by atoms with Gasteiger partial charge in [-0.1, -0.05) is 24.8 Å². The van der Waals surface area contributed by atoms with Crippen LogP contribution in [0.15, 0.2) is 46.4 Å². The van der Waals surface area contributed by atoms with E-state index in [1.54, 1.807) is 30.7 Å². The summed E-state index contributed by atoms with van der Waals surface area (Å²) in [6.07, 6.45) is 3.91. The highest BCUT2D eigenvalue weighted by molar-refractivity contribution is 7.99. The molecule has 136 valence electrons. The number of nitrogens with one attached hydrogen (secondary N) is 1. The molecule has 0 aliphatic rings. The monoisotopic (exact) mass is 374 g/mol. The Morgan fingerprint density at radius 1 is 1.31 bits per heavy atom. The van der Waals surface area contributed by atoms with Crippen LogP contribution in [0.1, 0.15) is 19.4 Å². The van der Waals surface area contributed by atoms with Crippen molar-refractivity contribution in [1.82, 2.24) is 14.8 Å². The Kier molecular flexibility index (Phi) is 5.72. The number of benzene rings is 1. The van der Waals surface area contributed by atoms with Gasteiger partial charge in [0.25, 0.3) is 0 Å². The first kappa shape index (κ1) is 18.2. The summed E-state index contributed by atoms with van der Waals surface area (Å²) in [5.74, 6) is 0.0686. The van der Waals surface area contributed by atoms with Crippen molar-refractivity contribution < 1.29 is 13.6 Å². The summed E-state index contributed by atoms with van der Waals surface area (Å²) in [6, 6.07) is 6.63. The number of thioether (sulfide) groups is 1. The molecule has 0 unspecified atom stereocenters. The van der Waals surface area contributed by atoms with Crippen LogP contribution in [0.4, 0.5) is 10.1 Å². The molecule has 0 saturated carbocycles. The highest BCUT2D eigenvalue weighted by Crippen LogP contribution is 2.24. The molecule has 0 saturated heterocycles. The number of halogens is 1. The van der Waals surface area contributed by atoms with E-state index in [0.29, 0.717) is 17.5 Å². The number of anilines is 1. The number of aryl methyl sites for hydroxylation is 1. The van der Waals surface area contributed by atoms with Gasteiger partial charge in [-0.05, 0) is 37.1 Å². The van der Waals surface area contributed by atoms with Crippen LogP contribution in [0.5, 0.6) is 0 Å². The molecular formula is C18H19FN4O2S. The minimum absolute atomic E-state index is 0.110. The normalized spacial score (nSPS) is 10.9. The van der Waals surface area contributed by atoms with E-state index in [4.69, 9.17) is 4.42 Å². The second-order valence-corrected chi connectivity index (χ2v) is 6.51. The van der Waals surface area contributed by atoms with Gasteiger partial charge in [0.05, 0.1) is 23.3 Å². The molecule has 3 rings (SSSR count). The van der Waals surface area contributed by atoms with Gasteiger partial charge >= 0.3 is 0 Å². The Morgan fingerprint density at radius 3 is 2.81 bits per heavy atom. The smallest absolute Gasteiger partial charge is 0.234 e. The van der Waals surface area contributed by atoms with Gasteiger partial charge in [-0.2, -0.15) is 0 Å². The van der Waals surface area contributed by atoms with Crippen molar-refractivity contribution in [3.63, 3.8) is 0 Å². The molecule has 0 radical (unpaired) electrons. The summed E-state index contributed by atoms with van der Waals surface area (Å²) in [5.41, 5.74) is 1.90. The summed E-state index contributed by atoms with van der Waals surface area (Å²) in [7, 11) is 0. The van der Waals surface area contributed by atoms with Crippen molar-refractivity contribution in [1.29, 1.82) is 0 Å². The number of aromatic nitrogens is 3. The molecule has 1 aromatic carbocycles. The predicted molar refractivity (Wildman–Crippen MR) is 98.5 cm³/mol. The average Bonchev–Trinajstić information content (AvgIpc) is 3.30. The van der Waals surface area contributed by atoms with Gasteiger partial charge in [0.1, 0.15) is 12.1 Å². The lowest BCUT2D eigenvalue weighted by Crippen LogP contribution is -2.15. The quantitative estimate of drug-likeness (QED) is 0.633. The number of carbonyl (C=O) groups excluding carboxylic acids is 1. The van der Waals surface area contributed by atoms with Gasteiger partial charge in [-0.15, -0.1) is 10.2 Å². The zero-order valence-electron chi connectivity index (χ0n) is 14.5. The molecule has 26 heavy (non-hydrogen) atoms. The summed E-state index contributed by atoms with van der Waals surface area (Å²) in [4.78, 5) is 12.2. The Bertz CT molecular complexity index is 893. The third kappa shape index (κ3) is 3.96. The van der Waals surface area contributed by atoms with Gasteiger partial charge in [0.15, 0.2) is 11.0 Å². The zero-order chi connectivity index (χ0) is 18.5. The molecule has 0 aliphatic carbocycles. The maximum atomic E-state index is 14.0. The van der Waals surface area contributed by atoms with Crippen LogP contribution in [0.25, 0.3) is 11.4 Å².